The number of amides is 1. The van der Waals surface area contributed by atoms with Gasteiger partial charge in [0.1, 0.15) is 5.02 Å². The van der Waals surface area contributed by atoms with Gasteiger partial charge in [0.15, 0.2) is 0 Å². The Kier molecular flexibility index (Phi) is 4.57. The third kappa shape index (κ3) is 3.68. The predicted molar refractivity (Wildman–Crippen MR) is 77.0 cm³/mol. The Bertz CT molecular complexity index is 532. The van der Waals surface area contributed by atoms with Gasteiger partial charge >= 0.3 is 0 Å². The molecule has 0 unspecified atom stereocenters. The van der Waals surface area contributed by atoms with Crippen molar-refractivity contribution in [1.29, 1.82) is 0 Å². The highest BCUT2D eigenvalue weighted by Gasteiger charge is 2.29. The van der Waals surface area contributed by atoms with Gasteiger partial charge in [-0.2, -0.15) is 0 Å². The number of nitro benzene ring substituents is 1. The zero-order valence-corrected chi connectivity index (χ0v) is 11.9. The third-order valence-electron chi connectivity index (χ3n) is 3.24. The van der Waals surface area contributed by atoms with Gasteiger partial charge in [0.25, 0.3) is 5.69 Å². The molecule has 0 aliphatic heterocycles. The van der Waals surface area contributed by atoms with Crippen molar-refractivity contribution < 1.29 is 9.72 Å². The van der Waals surface area contributed by atoms with Gasteiger partial charge in [-0.3, -0.25) is 19.8 Å². The summed E-state index contributed by atoms with van der Waals surface area (Å²) in [5.74, 6) is -0.171. The van der Waals surface area contributed by atoms with Crippen molar-refractivity contribution in [3.05, 3.63) is 33.3 Å². The van der Waals surface area contributed by atoms with Crippen LogP contribution in [0.4, 0.5) is 11.4 Å². The zero-order chi connectivity index (χ0) is 14.7. The van der Waals surface area contributed by atoms with Crippen molar-refractivity contribution in [2.24, 2.45) is 0 Å². The molecule has 1 aliphatic carbocycles. The van der Waals surface area contributed by atoms with Crippen LogP contribution < -0.4 is 5.32 Å². The summed E-state index contributed by atoms with van der Waals surface area (Å²) in [7, 11) is 0. The van der Waals surface area contributed by atoms with Gasteiger partial charge in [0.05, 0.1) is 11.5 Å². The molecule has 1 aromatic carbocycles. The van der Waals surface area contributed by atoms with Crippen molar-refractivity contribution in [3.8, 4) is 0 Å². The van der Waals surface area contributed by atoms with Gasteiger partial charge in [-0.05, 0) is 31.5 Å². The van der Waals surface area contributed by atoms with Crippen LogP contribution in [0.2, 0.25) is 5.02 Å². The van der Waals surface area contributed by atoms with Crippen LogP contribution in [-0.2, 0) is 4.79 Å². The third-order valence-corrected chi connectivity index (χ3v) is 3.56. The first kappa shape index (κ1) is 14.7. The van der Waals surface area contributed by atoms with Crippen molar-refractivity contribution in [2.45, 2.75) is 25.8 Å². The average molecular weight is 298 g/mol. The number of nitrogens with zero attached hydrogens (tertiary/aromatic N) is 2. The smallest absolute Gasteiger partial charge is 0.289 e. The molecular formula is C13H16ClN3O3. The molecule has 1 aliphatic rings. The second kappa shape index (κ2) is 6.19. The van der Waals surface area contributed by atoms with Crippen LogP contribution in [0.25, 0.3) is 0 Å². The first-order valence-corrected chi connectivity index (χ1v) is 6.87. The molecule has 0 aromatic heterocycles. The highest BCUT2D eigenvalue weighted by atomic mass is 35.5. The van der Waals surface area contributed by atoms with Gasteiger partial charge < -0.3 is 5.32 Å². The normalized spacial score (nSPS) is 14.3. The molecule has 108 valence electrons. The Morgan fingerprint density at radius 2 is 2.25 bits per heavy atom. The van der Waals surface area contributed by atoms with Crippen molar-refractivity contribution in [3.63, 3.8) is 0 Å². The molecule has 1 saturated carbocycles. The fourth-order valence-corrected chi connectivity index (χ4v) is 2.24. The first-order chi connectivity index (χ1) is 9.51. The molecule has 1 fully saturated rings. The van der Waals surface area contributed by atoms with E-state index in [9.17, 15) is 14.9 Å². The van der Waals surface area contributed by atoms with Gasteiger partial charge in [0, 0.05) is 17.8 Å². The molecule has 0 saturated heterocycles. The van der Waals surface area contributed by atoms with Crippen molar-refractivity contribution in [1.82, 2.24) is 4.90 Å². The summed E-state index contributed by atoms with van der Waals surface area (Å²) in [6.45, 7) is 3.13. The maximum Gasteiger partial charge on any atom is 0.289 e. The lowest BCUT2D eigenvalue weighted by Crippen LogP contribution is -2.34. The van der Waals surface area contributed by atoms with E-state index in [-0.39, 0.29) is 16.6 Å². The van der Waals surface area contributed by atoms with E-state index in [1.165, 1.54) is 12.1 Å². The standard InChI is InChI=1S/C13H16ClN3O3/c1-2-16(10-4-5-10)8-13(18)15-9-3-6-11(14)12(7-9)17(19)20/h3,6-7,10H,2,4-5,8H2,1H3,(H,15,18). The summed E-state index contributed by atoms with van der Waals surface area (Å²) < 4.78 is 0. The average Bonchev–Trinajstić information content (AvgIpc) is 3.22. The molecule has 1 N–H and O–H groups in total. The van der Waals surface area contributed by atoms with Gasteiger partial charge in [-0.1, -0.05) is 18.5 Å². The van der Waals surface area contributed by atoms with Crippen LogP contribution in [0.15, 0.2) is 18.2 Å². The fourth-order valence-electron chi connectivity index (χ4n) is 2.05. The van der Waals surface area contributed by atoms with E-state index in [0.29, 0.717) is 18.3 Å². The van der Waals surface area contributed by atoms with E-state index in [4.69, 9.17) is 11.6 Å². The van der Waals surface area contributed by atoms with Crippen LogP contribution >= 0.6 is 11.6 Å². The van der Waals surface area contributed by atoms with Crippen LogP contribution in [0.3, 0.4) is 0 Å². The number of carbonyl (C=O) groups excluding carboxylic acids is 1. The van der Waals surface area contributed by atoms with Crippen LogP contribution in [0.1, 0.15) is 19.8 Å². The molecule has 0 spiro atoms. The number of rotatable bonds is 6. The maximum atomic E-state index is 11.9. The Balaban J connectivity index is 2.00. The number of nitrogens with one attached hydrogen (secondary N) is 1. The second-order valence-corrected chi connectivity index (χ2v) is 5.17. The Morgan fingerprint density at radius 1 is 1.55 bits per heavy atom. The fraction of sp³-hybridized carbons (Fsp3) is 0.462. The highest BCUT2D eigenvalue weighted by molar-refractivity contribution is 6.32. The lowest BCUT2D eigenvalue weighted by molar-refractivity contribution is -0.384. The summed E-state index contributed by atoms with van der Waals surface area (Å²) in [6, 6.07) is 4.74. The molecule has 1 aromatic rings. The first-order valence-electron chi connectivity index (χ1n) is 6.49. The molecular weight excluding hydrogens is 282 g/mol. The Hall–Kier alpha value is -1.66. The lowest BCUT2D eigenvalue weighted by atomic mass is 10.2. The van der Waals surface area contributed by atoms with Gasteiger partial charge in [0.2, 0.25) is 5.91 Å². The van der Waals surface area contributed by atoms with Crippen molar-refractivity contribution in [2.75, 3.05) is 18.4 Å². The molecule has 0 atom stereocenters. The lowest BCUT2D eigenvalue weighted by Gasteiger charge is -2.18. The largest absolute Gasteiger partial charge is 0.325 e. The van der Waals surface area contributed by atoms with Crippen LogP contribution in [0, 0.1) is 10.1 Å². The molecule has 6 nitrogen and oxygen atoms in total. The number of anilines is 1. The minimum absolute atomic E-state index is 0.0566. The molecule has 0 bridgehead atoms. The van der Waals surface area contributed by atoms with E-state index in [1.54, 1.807) is 6.07 Å². The summed E-state index contributed by atoms with van der Waals surface area (Å²) in [4.78, 5) is 24.2. The van der Waals surface area contributed by atoms with Crippen molar-refractivity contribution >= 4 is 28.9 Å². The predicted octanol–water partition coefficient (Wildman–Crippen LogP) is 2.67. The quantitative estimate of drug-likeness (QED) is 0.647. The van der Waals surface area contributed by atoms with Gasteiger partial charge in [-0.15, -0.1) is 0 Å². The Morgan fingerprint density at radius 3 is 2.80 bits per heavy atom. The number of benzene rings is 1. The molecule has 0 heterocycles. The summed E-state index contributed by atoms with van der Waals surface area (Å²) in [5, 5.41) is 13.5. The number of likely N-dealkylation sites (N-methyl/N-ethyl adjacent to an activating group) is 1. The number of hydrogen-bond donors (Lipinski definition) is 1. The number of hydrogen-bond acceptors (Lipinski definition) is 4. The zero-order valence-electron chi connectivity index (χ0n) is 11.1. The minimum atomic E-state index is -0.569. The molecule has 2 rings (SSSR count). The molecule has 0 radical (unpaired) electrons. The van der Waals surface area contributed by atoms with E-state index in [1.807, 2.05) is 6.92 Å². The second-order valence-electron chi connectivity index (χ2n) is 4.77. The summed E-state index contributed by atoms with van der Waals surface area (Å²) >= 11 is 5.72. The van der Waals surface area contributed by atoms with E-state index >= 15 is 0 Å². The summed E-state index contributed by atoms with van der Waals surface area (Å²) in [5.41, 5.74) is 0.178. The monoisotopic (exact) mass is 297 g/mol. The molecule has 1 amide bonds. The number of nitro groups is 1. The van der Waals surface area contributed by atoms with Crippen LogP contribution in [0.5, 0.6) is 0 Å². The van der Waals surface area contributed by atoms with E-state index in [0.717, 1.165) is 19.4 Å². The van der Waals surface area contributed by atoms with Gasteiger partial charge in [-0.25, -0.2) is 0 Å². The summed E-state index contributed by atoms with van der Waals surface area (Å²) in [6.07, 6.45) is 2.26. The number of halogens is 1. The molecule has 20 heavy (non-hydrogen) atoms. The minimum Gasteiger partial charge on any atom is -0.325 e. The van der Waals surface area contributed by atoms with E-state index in [2.05, 4.69) is 10.2 Å². The Labute approximate surface area is 121 Å². The van der Waals surface area contributed by atoms with E-state index < -0.39 is 4.92 Å². The van der Waals surface area contributed by atoms with Crippen LogP contribution in [-0.4, -0.2) is 34.9 Å². The maximum absolute atomic E-state index is 11.9. The highest BCUT2D eigenvalue weighted by Crippen LogP contribution is 2.28. The molecule has 7 heteroatoms. The topological polar surface area (TPSA) is 75.5 Å². The SMILES string of the molecule is CCN(CC(=O)Nc1ccc(Cl)c([N+](=O)[O-])c1)C1CC1. The number of carbonyl (C=O) groups is 1.